The largest absolute Gasteiger partial charge is 0.337 e. The number of hydrogen-bond acceptors (Lipinski definition) is 5. The van der Waals surface area contributed by atoms with Crippen molar-refractivity contribution in [2.45, 2.75) is 63.5 Å². The lowest BCUT2D eigenvalue weighted by molar-refractivity contribution is -0.122. The average Bonchev–Trinajstić information content (AvgIpc) is 3.08. The first-order valence-corrected chi connectivity index (χ1v) is 8.79. The van der Waals surface area contributed by atoms with Crippen LogP contribution in [0.1, 0.15) is 57.4 Å². The van der Waals surface area contributed by atoms with Crippen molar-refractivity contribution in [3.05, 3.63) is 16.6 Å². The minimum absolute atomic E-state index is 0.111. The number of aromatic nitrogens is 1. The molecule has 0 spiro atoms. The number of amides is 1. The number of nitriles is 1. The van der Waals surface area contributed by atoms with Crippen molar-refractivity contribution in [3.63, 3.8) is 0 Å². The Hall–Kier alpha value is -1.45. The molecule has 5 nitrogen and oxygen atoms in total. The van der Waals surface area contributed by atoms with Crippen molar-refractivity contribution < 1.29 is 4.79 Å². The van der Waals surface area contributed by atoms with Gasteiger partial charge in [0, 0.05) is 11.6 Å². The fraction of sp³-hybridized carbons (Fsp3) is 0.688. The molecule has 1 fully saturated rings. The van der Waals surface area contributed by atoms with E-state index in [-0.39, 0.29) is 18.0 Å². The highest BCUT2D eigenvalue weighted by atomic mass is 32.1. The van der Waals surface area contributed by atoms with Gasteiger partial charge in [-0.1, -0.05) is 26.2 Å². The maximum Gasteiger partial charge on any atom is 0.235 e. The maximum atomic E-state index is 12.3. The van der Waals surface area contributed by atoms with Crippen LogP contribution in [0.15, 0.2) is 11.6 Å². The number of thiazole rings is 1. The van der Waals surface area contributed by atoms with E-state index in [1.165, 1.54) is 0 Å². The molecule has 1 aliphatic rings. The van der Waals surface area contributed by atoms with Crippen LogP contribution in [0.4, 0.5) is 0 Å². The Balaban J connectivity index is 1.93. The molecular weight excluding hydrogens is 296 g/mol. The van der Waals surface area contributed by atoms with Gasteiger partial charge in [-0.15, -0.1) is 11.3 Å². The number of hydrogen-bond donors (Lipinski definition) is 2. The molecule has 1 amide bonds. The third-order valence-electron chi connectivity index (χ3n) is 4.55. The molecule has 1 heterocycles. The number of nitrogens with zero attached hydrogens (tertiary/aromatic N) is 2. The maximum absolute atomic E-state index is 12.3. The summed E-state index contributed by atoms with van der Waals surface area (Å²) in [6.07, 6.45) is 7.30. The molecule has 2 rings (SSSR count). The second-order valence-electron chi connectivity index (χ2n) is 6.18. The number of nitrogens with one attached hydrogen (secondary N) is 2. The molecule has 120 valence electrons. The highest BCUT2D eigenvalue weighted by molar-refractivity contribution is 7.09. The van der Waals surface area contributed by atoms with E-state index in [0.29, 0.717) is 0 Å². The Bertz CT molecular complexity index is 531. The molecule has 1 aromatic rings. The summed E-state index contributed by atoms with van der Waals surface area (Å²) in [4.78, 5) is 16.6. The van der Waals surface area contributed by atoms with Crippen LogP contribution in [0.25, 0.3) is 0 Å². The van der Waals surface area contributed by atoms with E-state index in [9.17, 15) is 10.1 Å². The molecule has 1 aromatic heterocycles. The van der Waals surface area contributed by atoms with Gasteiger partial charge < -0.3 is 5.32 Å². The number of carbonyl (C=O) groups excluding carboxylic acids is 1. The quantitative estimate of drug-likeness (QED) is 0.845. The Morgan fingerprint density at radius 2 is 2.23 bits per heavy atom. The van der Waals surface area contributed by atoms with Crippen molar-refractivity contribution in [2.75, 3.05) is 6.54 Å². The van der Waals surface area contributed by atoms with Crippen molar-refractivity contribution in [3.8, 4) is 6.07 Å². The standard InChI is InChI=1S/C16H24N4OS/c1-3-15(2,14-18-9-10-22-14)19-11-13(21)20-16(12-17)7-5-4-6-8-16/h9-10,19H,3-8,11H2,1-2H3,(H,20,21)/t15-/m0/s1. The van der Waals surface area contributed by atoms with Crippen LogP contribution in [0.3, 0.4) is 0 Å². The summed E-state index contributed by atoms with van der Waals surface area (Å²) < 4.78 is 0. The lowest BCUT2D eigenvalue weighted by Crippen LogP contribution is -2.53. The molecule has 1 saturated carbocycles. The Kier molecular flexibility index (Phi) is 5.54. The SMILES string of the molecule is CC[C@](C)(NCC(=O)NC1(C#N)CCCCC1)c1nccs1. The van der Waals surface area contributed by atoms with Gasteiger partial charge in [0.1, 0.15) is 10.5 Å². The molecule has 1 aliphatic carbocycles. The smallest absolute Gasteiger partial charge is 0.235 e. The molecule has 2 N–H and O–H groups in total. The van der Waals surface area contributed by atoms with Crippen molar-refractivity contribution in [1.29, 1.82) is 5.26 Å². The monoisotopic (exact) mass is 320 g/mol. The van der Waals surface area contributed by atoms with Gasteiger partial charge >= 0.3 is 0 Å². The first kappa shape index (κ1) is 16.9. The van der Waals surface area contributed by atoms with Crippen molar-refractivity contribution in [2.24, 2.45) is 0 Å². The third-order valence-corrected chi connectivity index (χ3v) is 5.59. The van der Waals surface area contributed by atoms with Crippen LogP contribution in [-0.2, 0) is 10.3 Å². The van der Waals surface area contributed by atoms with Gasteiger partial charge in [-0.3, -0.25) is 10.1 Å². The van der Waals surface area contributed by atoms with Gasteiger partial charge in [-0.25, -0.2) is 4.98 Å². The second kappa shape index (κ2) is 7.21. The highest BCUT2D eigenvalue weighted by Crippen LogP contribution is 2.28. The van der Waals surface area contributed by atoms with Crippen molar-refractivity contribution >= 4 is 17.2 Å². The van der Waals surface area contributed by atoms with E-state index < -0.39 is 5.54 Å². The van der Waals surface area contributed by atoms with Gasteiger partial charge in [0.25, 0.3) is 0 Å². The molecule has 0 aliphatic heterocycles. The van der Waals surface area contributed by atoms with Crippen LogP contribution < -0.4 is 10.6 Å². The summed E-state index contributed by atoms with van der Waals surface area (Å²) in [5.41, 5.74) is -0.974. The Morgan fingerprint density at radius 1 is 1.50 bits per heavy atom. The van der Waals surface area contributed by atoms with Gasteiger partial charge in [0.2, 0.25) is 5.91 Å². The van der Waals surface area contributed by atoms with Crippen LogP contribution in [-0.4, -0.2) is 23.0 Å². The predicted molar refractivity (Wildman–Crippen MR) is 87.3 cm³/mol. The first-order valence-electron chi connectivity index (χ1n) is 7.91. The minimum Gasteiger partial charge on any atom is -0.337 e. The molecule has 0 aromatic carbocycles. The van der Waals surface area contributed by atoms with E-state index in [4.69, 9.17) is 0 Å². The molecule has 0 unspecified atom stereocenters. The van der Waals surface area contributed by atoms with E-state index in [0.717, 1.165) is 43.5 Å². The zero-order valence-corrected chi connectivity index (χ0v) is 14.1. The first-order chi connectivity index (χ1) is 10.5. The molecule has 1 atom stereocenters. The lowest BCUT2D eigenvalue weighted by Gasteiger charge is -2.33. The average molecular weight is 320 g/mol. The zero-order chi connectivity index (χ0) is 16.1. The molecule has 0 bridgehead atoms. The van der Waals surface area contributed by atoms with Crippen LogP contribution in [0, 0.1) is 11.3 Å². The fourth-order valence-corrected chi connectivity index (χ4v) is 3.70. The highest BCUT2D eigenvalue weighted by Gasteiger charge is 2.34. The minimum atomic E-state index is -0.666. The summed E-state index contributed by atoms with van der Waals surface area (Å²) in [6.45, 7) is 4.33. The summed E-state index contributed by atoms with van der Waals surface area (Å²) in [5, 5.41) is 18.6. The van der Waals surface area contributed by atoms with E-state index >= 15 is 0 Å². The normalized spacial score (nSPS) is 19.9. The summed E-state index contributed by atoms with van der Waals surface area (Å²) in [6, 6.07) is 2.32. The van der Waals surface area contributed by atoms with Crippen molar-refractivity contribution in [1.82, 2.24) is 15.6 Å². The Labute approximate surface area is 136 Å². The van der Waals surface area contributed by atoms with E-state index in [2.05, 4.69) is 35.5 Å². The van der Waals surface area contributed by atoms with Gasteiger partial charge in [0.15, 0.2) is 0 Å². The zero-order valence-electron chi connectivity index (χ0n) is 13.3. The second-order valence-corrected chi connectivity index (χ2v) is 7.07. The number of carbonyl (C=O) groups is 1. The fourth-order valence-electron chi connectivity index (χ4n) is 2.85. The summed E-state index contributed by atoms with van der Waals surface area (Å²) >= 11 is 1.59. The molecular formula is C16H24N4OS. The summed E-state index contributed by atoms with van der Waals surface area (Å²) in [7, 11) is 0. The molecule has 6 heteroatoms. The lowest BCUT2D eigenvalue weighted by atomic mass is 9.83. The van der Waals surface area contributed by atoms with Crippen LogP contribution in [0.2, 0.25) is 0 Å². The van der Waals surface area contributed by atoms with Gasteiger partial charge in [0.05, 0.1) is 18.2 Å². The molecule has 0 saturated heterocycles. The Morgan fingerprint density at radius 3 is 2.77 bits per heavy atom. The predicted octanol–water partition coefficient (Wildman–Crippen LogP) is 2.70. The molecule has 0 radical (unpaired) electrons. The topological polar surface area (TPSA) is 77.8 Å². The molecule has 22 heavy (non-hydrogen) atoms. The summed E-state index contributed by atoms with van der Waals surface area (Å²) in [5.74, 6) is -0.111. The number of rotatable bonds is 6. The van der Waals surface area contributed by atoms with Gasteiger partial charge in [-0.05, 0) is 26.2 Å². The third kappa shape index (κ3) is 3.84. The van der Waals surface area contributed by atoms with Crippen LogP contribution in [0.5, 0.6) is 0 Å². The van der Waals surface area contributed by atoms with E-state index in [1.807, 2.05) is 5.38 Å². The van der Waals surface area contributed by atoms with Gasteiger partial charge in [-0.2, -0.15) is 5.26 Å². The van der Waals surface area contributed by atoms with E-state index in [1.54, 1.807) is 17.5 Å². The van der Waals surface area contributed by atoms with Crippen LogP contribution >= 0.6 is 11.3 Å².